The predicted molar refractivity (Wildman–Crippen MR) is 79.0 cm³/mol. The standard InChI is InChI=1S/C12H16AsNO6S/c1-3-8-21(19,20)9(2)12(15)14-11-6-4-10(5-7-11)13(16,17)18/h3-7,9H,1,8H2,2H3,(H,14,15)(H2,16,17,18). The van der Waals surface area contributed by atoms with Gasteiger partial charge in [0.05, 0.1) is 0 Å². The Morgan fingerprint density at radius 2 is 1.90 bits per heavy atom. The molecule has 1 rings (SSSR count). The fraction of sp³-hybridized carbons (Fsp3) is 0.250. The van der Waals surface area contributed by atoms with Gasteiger partial charge in [-0.3, -0.25) is 0 Å². The molecule has 0 bridgehead atoms. The number of rotatable bonds is 6. The third-order valence-corrected chi connectivity index (χ3v) is 6.76. The van der Waals surface area contributed by atoms with Crippen LogP contribution in [0.1, 0.15) is 6.92 Å². The van der Waals surface area contributed by atoms with E-state index in [-0.39, 0.29) is 15.8 Å². The average molecular weight is 377 g/mol. The number of hydrogen-bond donors (Lipinski definition) is 3. The summed E-state index contributed by atoms with van der Waals surface area (Å²) in [5, 5.41) is 1.14. The molecule has 1 aromatic carbocycles. The van der Waals surface area contributed by atoms with E-state index in [4.69, 9.17) is 8.19 Å². The van der Waals surface area contributed by atoms with Crippen molar-refractivity contribution in [2.75, 3.05) is 11.1 Å². The molecular formula is C12H16AsNO6S. The molecule has 0 saturated carbocycles. The maximum atomic E-state index is 11.8. The SMILES string of the molecule is C=CCS(=O)(=O)C(C)C(=O)Nc1ccc([As](=O)(O)O)cc1. The Balaban J connectivity index is 2.85. The summed E-state index contributed by atoms with van der Waals surface area (Å²) in [6, 6.07) is 5.00. The van der Waals surface area contributed by atoms with Gasteiger partial charge in [0.25, 0.3) is 0 Å². The van der Waals surface area contributed by atoms with Crippen LogP contribution < -0.4 is 9.67 Å². The van der Waals surface area contributed by atoms with Crippen molar-refractivity contribution in [2.24, 2.45) is 0 Å². The predicted octanol–water partition coefficient (Wildman–Crippen LogP) is -0.825. The van der Waals surface area contributed by atoms with Crippen molar-refractivity contribution in [2.45, 2.75) is 12.2 Å². The van der Waals surface area contributed by atoms with E-state index in [1.54, 1.807) is 0 Å². The molecule has 9 heteroatoms. The zero-order valence-electron chi connectivity index (χ0n) is 11.3. The first-order chi connectivity index (χ1) is 9.58. The monoisotopic (exact) mass is 377 g/mol. The number of benzene rings is 1. The van der Waals surface area contributed by atoms with Gasteiger partial charge in [-0.05, 0) is 0 Å². The number of nitrogens with one attached hydrogen (secondary N) is 1. The summed E-state index contributed by atoms with van der Waals surface area (Å²) >= 11 is -4.96. The molecule has 7 nitrogen and oxygen atoms in total. The van der Waals surface area contributed by atoms with Gasteiger partial charge in [-0.25, -0.2) is 0 Å². The van der Waals surface area contributed by atoms with E-state index in [0.29, 0.717) is 0 Å². The van der Waals surface area contributed by atoms with E-state index in [9.17, 15) is 17.0 Å². The molecule has 1 atom stereocenters. The van der Waals surface area contributed by atoms with Crippen LogP contribution in [0.25, 0.3) is 0 Å². The fourth-order valence-electron chi connectivity index (χ4n) is 1.45. The molecule has 0 fully saturated rings. The molecule has 0 radical (unpaired) electrons. The summed E-state index contributed by atoms with van der Waals surface area (Å²) in [6.07, 6.45) is 1.20. The second kappa shape index (κ2) is 6.61. The number of carbonyl (C=O) groups is 1. The second-order valence-corrected chi connectivity index (χ2v) is 10.1. The molecule has 1 aromatic rings. The molecule has 0 aliphatic rings. The summed E-state index contributed by atoms with van der Waals surface area (Å²) in [7, 11) is -3.61. The van der Waals surface area contributed by atoms with Gasteiger partial charge < -0.3 is 0 Å². The Kier molecular flexibility index (Phi) is 5.58. The second-order valence-electron chi connectivity index (χ2n) is 4.34. The van der Waals surface area contributed by atoms with Gasteiger partial charge in [0.1, 0.15) is 0 Å². The Bertz CT molecular complexity index is 676. The first-order valence-electron chi connectivity index (χ1n) is 5.87. The van der Waals surface area contributed by atoms with Gasteiger partial charge in [-0.15, -0.1) is 0 Å². The minimum absolute atomic E-state index is 0.126. The van der Waals surface area contributed by atoms with Crippen molar-refractivity contribution >= 4 is 40.0 Å². The average Bonchev–Trinajstić information content (AvgIpc) is 2.37. The number of anilines is 1. The van der Waals surface area contributed by atoms with Crippen LogP contribution in [0.2, 0.25) is 0 Å². The van der Waals surface area contributed by atoms with Crippen LogP contribution in [0.15, 0.2) is 36.9 Å². The van der Waals surface area contributed by atoms with E-state index < -0.39 is 35.2 Å². The van der Waals surface area contributed by atoms with Crippen molar-refractivity contribution < 1.29 is 25.1 Å². The van der Waals surface area contributed by atoms with Crippen molar-refractivity contribution in [3.63, 3.8) is 0 Å². The summed E-state index contributed by atoms with van der Waals surface area (Å²) < 4.78 is 52.4. The number of hydrogen-bond acceptors (Lipinski definition) is 4. The molecule has 21 heavy (non-hydrogen) atoms. The quantitative estimate of drug-likeness (QED) is 0.440. The summed E-state index contributed by atoms with van der Waals surface area (Å²) in [4.78, 5) is 11.8. The van der Waals surface area contributed by atoms with Crippen LogP contribution >= 0.6 is 0 Å². The Labute approximate surface area is 125 Å². The van der Waals surface area contributed by atoms with Gasteiger partial charge in [-0.1, -0.05) is 0 Å². The van der Waals surface area contributed by atoms with Crippen LogP contribution in [0.5, 0.6) is 0 Å². The van der Waals surface area contributed by atoms with Crippen molar-refractivity contribution in [3.05, 3.63) is 36.9 Å². The zero-order valence-corrected chi connectivity index (χ0v) is 14.0. The van der Waals surface area contributed by atoms with Gasteiger partial charge in [0.2, 0.25) is 0 Å². The van der Waals surface area contributed by atoms with Gasteiger partial charge >= 0.3 is 125 Å². The van der Waals surface area contributed by atoms with Crippen LogP contribution in [-0.4, -0.2) is 47.7 Å². The van der Waals surface area contributed by atoms with E-state index in [1.165, 1.54) is 37.3 Å². The summed E-state index contributed by atoms with van der Waals surface area (Å²) in [5.41, 5.74) is 0.258. The number of amides is 1. The van der Waals surface area contributed by atoms with Crippen molar-refractivity contribution in [3.8, 4) is 0 Å². The zero-order chi connectivity index (χ0) is 16.3. The van der Waals surface area contributed by atoms with Gasteiger partial charge in [0, 0.05) is 0 Å². The molecule has 1 unspecified atom stereocenters. The fourth-order valence-corrected chi connectivity index (χ4v) is 3.58. The van der Waals surface area contributed by atoms with E-state index in [0.717, 1.165) is 0 Å². The maximum absolute atomic E-state index is 11.8. The molecule has 0 aromatic heterocycles. The summed E-state index contributed by atoms with van der Waals surface area (Å²) in [5.74, 6) is -1.02. The molecule has 0 saturated heterocycles. The number of carbonyl (C=O) groups excluding carboxylic acids is 1. The molecule has 0 heterocycles. The van der Waals surface area contributed by atoms with E-state index in [1.807, 2.05) is 0 Å². The molecule has 1 amide bonds. The van der Waals surface area contributed by atoms with Crippen molar-refractivity contribution in [1.82, 2.24) is 0 Å². The number of sulfone groups is 1. The van der Waals surface area contributed by atoms with E-state index in [2.05, 4.69) is 11.9 Å². The third kappa shape index (κ3) is 4.85. The third-order valence-electron chi connectivity index (χ3n) is 2.73. The molecule has 0 aliphatic carbocycles. The Morgan fingerprint density at radius 1 is 1.38 bits per heavy atom. The molecule has 0 spiro atoms. The van der Waals surface area contributed by atoms with Crippen LogP contribution in [0, 0.1) is 0 Å². The first-order valence-corrected chi connectivity index (χ1v) is 11.0. The molecule has 116 valence electrons. The van der Waals surface area contributed by atoms with E-state index >= 15 is 0 Å². The summed E-state index contributed by atoms with van der Waals surface area (Å²) in [6.45, 7) is 4.59. The molecular weight excluding hydrogens is 361 g/mol. The first kappa shape index (κ1) is 17.7. The minimum atomic E-state index is -4.96. The normalized spacial score (nSPS) is 13.5. The van der Waals surface area contributed by atoms with Crippen LogP contribution in [0.3, 0.4) is 0 Å². The van der Waals surface area contributed by atoms with Crippen LogP contribution in [-0.2, 0) is 18.4 Å². The Morgan fingerprint density at radius 3 is 2.33 bits per heavy atom. The van der Waals surface area contributed by atoms with Crippen molar-refractivity contribution in [1.29, 1.82) is 0 Å². The van der Waals surface area contributed by atoms with Gasteiger partial charge in [0.15, 0.2) is 0 Å². The topological polar surface area (TPSA) is 121 Å². The molecule has 3 N–H and O–H groups in total. The Hall–Kier alpha value is -1.34. The van der Waals surface area contributed by atoms with Gasteiger partial charge in [-0.2, -0.15) is 0 Å². The van der Waals surface area contributed by atoms with Crippen LogP contribution in [0.4, 0.5) is 5.69 Å². The molecule has 0 aliphatic heterocycles.